The zero-order valence-electron chi connectivity index (χ0n) is 20.4. The molecule has 2 atom stereocenters. The van der Waals surface area contributed by atoms with Gasteiger partial charge in [-0.25, -0.2) is 4.52 Å². The van der Waals surface area contributed by atoms with E-state index in [1.54, 1.807) is 46.9 Å². The minimum Gasteiger partial charge on any atom is -0.460 e. The van der Waals surface area contributed by atoms with E-state index in [0.717, 1.165) is 10.9 Å². The van der Waals surface area contributed by atoms with E-state index in [-0.39, 0.29) is 17.9 Å². The number of aliphatic hydroxyl groups is 1. The summed E-state index contributed by atoms with van der Waals surface area (Å²) < 4.78 is 13.8. The zero-order chi connectivity index (χ0) is 25.1. The largest absolute Gasteiger partial charge is 0.460 e. The molecule has 4 heterocycles. The minimum absolute atomic E-state index is 0.118. The molecule has 186 valence electrons. The summed E-state index contributed by atoms with van der Waals surface area (Å²) in [5.41, 5.74) is 3.09. The molecule has 1 aliphatic carbocycles. The minimum atomic E-state index is -0.492. The van der Waals surface area contributed by atoms with Crippen LogP contribution in [0.15, 0.2) is 41.1 Å². The molecule has 6 rings (SSSR count). The summed E-state index contributed by atoms with van der Waals surface area (Å²) >= 11 is 0. The Morgan fingerprint density at radius 3 is 2.78 bits per heavy atom. The van der Waals surface area contributed by atoms with E-state index in [9.17, 15) is 14.7 Å². The zero-order valence-corrected chi connectivity index (χ0v) is 20.4. The van der Waals surface area contributed by atoms with Crippen molar-refractivity contribution in [2.24, 2.45) is 5.92 Å². The second-order valence-electron chi connectivity index (χ2n) is 9.87. The van der Waals surface area contributed by atoms with Crippen LogP contribution in [-0.2, 0) is 0 Å². The molecule has 0 spiro atoms. The van der Waals surface area contributed by atoms with E-state index < -0.39 is 6.10 Å². The lowest BCUT2D eigenvalue weighted by molar-refractivity contribution is -0.0357. The Morgan fingerprint density at radius 2 is 2.06 bits per heavy atom. The van der Waals surface area contributed by atoms with Crippen molar-refractivity contribution in [2.75, 3.05) is 13.1 Å². The van der Waals surface area contributed by atoms with Crippen LogP contribution in [-0.4, -0.2) is 56.7 Å². The van der Waals surface area contributed by atoms with Crippen molar-refractivity contribution < 1.29 is 23.8 Å². The Hall–Kier alpha value is -3.85. The molecule has 1 saturated carbocycles. The highest BCUT2D eigenvalue weighted by Crippen LogP contribution is 2.35. The Bertz CT molecular complexity index is 1520. The maximum atomic E-state index is 13.1. The fourth-order valence-corrected chi connectivity index (χ4v) is 4.85. The van der Waals surface area contributed by atoms with Crippen LogP contribution in [0.5, 0.6) is 11.5 Å². The SMILES string of the molecule is Cc1oc2cc(Oc3ccnn4cc(C(=O)N5C[C@@H](O)[C@@H]5C)c(C)c34)ccc2c1C(=O)NCC1CC1. The van der Waals surface area contributed by atoms with Crippen LogP contribution < -0.4 is 10.1 Å². The van der Waals surface area contributed by atoms with Crippen LogP contribution in [0.2, 0.25) is 0 Å². The van der Waals surface area contributed by atoms with Crippen molar-refractivity contribution in [2.45, 2.75) is 45.8 Å². The van der Waals surface area contributed by atoms with Gasteiger partial charge in [0, 0.05) is 36.8 Å². The van der Waals surface area contributed by atoms with Gasteiger partial charge in [-0.3, -0.25) is 9.59 Å². The van der Waals surface area contributed by atoms with Gasteiger partial charge >= 0.3 is 0 Å². The first-order valence-corrected chi connectivity index (χ1v) is 12.3. The monoisotopic (exact) mass is 488 g/mol. The van der Waals surface area contributed by atoms with Crippen LogP contribution in [0.25, 0.3) is 16.5 Å². The second-order valence-corrected chi connectivity index (χ2v) is 9.87. The molecule has 2 aliphatic rings. The van der Waals surface area contributed by atoms with Crippen molar-refractivity contribution in [1.82, 2.24) is 19.8 Å². The number of β-amino-alcohol motifs (C(OH)–C–C–N with tert-alkyl or cyclic N) is 1. The summed E-state index contributed by atoms with van der Waals surface area (Å²) in [5.74, 6) is 2.00. The van der Waals surface area contributed by atoms with Crippen molar-refractivity contribution in [3.05, 3.63) is 59.1 Å². The van der Waals surface area contributed by atoms with Gasteiger partial charge in [0.2, 0.25) is 0 Å². The van der Waals surface area contributed by atoms with Gasteiger partial charge in [0.1, 0.15) is 22.6 Å². The molecule has 0 unspecified atom stereocenters. The highest BCUT2D eigenvalue weighted by atomic mass is 16.5. The number of amides is 2. The maximum absolute atomic E-state index is 13.1. The maximum Gasteiger partial charge on any atom is 0.256 e. The molecular formula is C27H28N4O5. The summed E-state index contributed by atoms with van der Waals surface area (Å²) in [6, 6.07) is 6.94. The standard InChI is InChI=1S/C27H28N4O5/c1-14-20(27(34)30-13-21(32)15(30)2)12-31-25(14)22(8-9-29-31)36-18-6-7-19-23(10-18)35-16(3)24(19)26(33)28-11-17-4-5-17/h6-10,12,15,17,21,32H,4-5,11,13H2,1-3H3,(H,28,33)/t15-,21+/m0/s1. The molecule has 9 nitrogen and oxygen atoms in total. The molecular weight excluding hydrogens is 460 g/mol. The van der Waals surface area contributed by atoms with Gasteiger partial charge < -0.3 is 24.5 Å². The predicted molar refractivity (Wildman–Crippen MR) is 133 cm³/mol. The van der Waals surface area contributed by atoms with Crippen molar-refractivity contribution in [3.8, 4) is 11.5 Å². The van der Waals surface area contributed by atoms with Crippen molar-refractivity contribution >= 4 is 28.3 Å². The van der Waals surface area contributed by atoms with E-state index in [0.29, 0.717) is 58.5 Å². The fraction of sp³-hybridized carbons (Fsp3) is 0.370. The number of fused-ring (bicyclic) bond motifs is 2. The van der Waals surface area contributed by atoms with Gasteiger partial charge in [-0.1, -0.05) is 0 Å². The number of nitrogens with zero attached hydrogens (tertiary/aromatic N) is 3. The van der Waals surface area contributed by atoms with E-state index in [2.05, 4.69) is 10.4 Å². The van der Waals surface area contributed by atoms with Crippen LogP contribution in [0.1, 0.15) is 51.8 Å². The van der Waals surface area contributed by atoms with Gasteiger partial charge in [-0.2, -0.15) is 5.10 Å². The van der Waals surface area contributed by atoms with Crippen LogP contribution in [0, 0.1) is 19.8 Å². The molecule has 2 N–H and O–H groups in total. The van der Waals surface area contributed by atoms with Crippen LogP contribution in [0.4, 0.5) is 0 Å². The van der Waals surface area contributed by atoms with E-state index in [1.165, 1.54) is 12.8 Å². The number of hydrogen-bond donors (Lipinski definition) is 2. The number of aryl methyl sites for hydroxylation is 2. The molecule has 1 saturated heterocycles. The number of nitrogens with one attached hydrogen (secondary N) is 1. The molecule has 1 aliphatic heterocycles. The molecule has 0 bridgehead atoms. The third-order valence-electron chi connectivity index (χ3n) is 7.35. The molecule has 3 aromatic heterocycles. The third kappa shape index (κ3) is 3.71. The summed E-state index contributed by atoms with van der Waals surface area (Å²) in [4.78, 5) is 27.5. The average molecular weight is 489 g/mol. The van der Waals surface area contributed by atoms with Crippen LogP contribution >= 0.6 is 0 Å². The topological polar surface area (TPSA) is 109 Å². The number of furan rings is 1. The Kier molecular flexibility index (Phi) is 5.26. The highest BCUT2D eigenvalue weighted by Gasteiger charge is 2.38. The fourth-order valence-electron chi connectivity index (χ4n) is 4.85. The van der Waals surface area contributed by atoms with Gasteiger partial charge in [0.05, 0.1) is 29.5 Å². The average Bonchev–Trinajstić information content (AvgIpc) is 3.55. The summed E-state index contributed by atoms with van der Waals surface area (Å²) in [6.45, 7) is 6.51. The number of hydrogen-bond acceptors (Lipinski definition) is 6. The van der Waals surface area contributed by atoms with E-state index in [1.807, 2.05) is 19.9 Å². The molecule has 2 fully saturated rings. The van der Waals surface area contributed by atoms with Gasteiger partial charge in [-0.05, 0) is 57.2 Å². The van der Waals surface area contributed by atoms with Gasteiger partial charge in [-0.15, -0.1) is 0 Å². The Labute approximate surface area is 207 Å². The lowest BCUT2D eigenvalue weighted by Crippen LogP contribution is -2.60. The normalized spacial score (nSPS) is 19.5. The van der Waals surface area contributed by atoms with Gasteiger partial charge in [0.15, 0.2) is 5.75 Å². The number of carbonyl (C=O) groups excluding carboxylic acids is 2. The molecule has 2 amide bonds. The van der Waals surface area contributed by atoms with Crippen LogP contribution in [0.3, 0.4) is 0 Å². The smallest absolute Gasteiger partial charge is 0.256 e. The summed E-state index contributed by atoms with van der Waals surface area (Å²) in [7, 11) is 0. The van der Waals surface area contributed by atoms with Gasteiger partial charge in [0.25, 0.3) is 11.8 Å². The summed E-state index contributed by atoms with van der Waals surface area (Å²) in [6.07, 6.45) is 5.16. The number of rotatable bonds is 6. The molecule has 4 aromatic rings. The number of likely N-dealkylation sites (tertiary alicyclic amines) is 1. The lowest BCUT2D eigenvalue weighted by Gasteiger charge is -2.43. The first-order chi connectivity index (χ1) is 17.3. The number of carbonyl (C=O) groups is 2. The Morgan fingerprint density at radius 1 is 1.25 bits per heavy atom. The predicted octanol–water partition coefficient (Wildman–Crippen LogP) is 3.83. The van der Waals surface area contributed by atoms with Crippen molar-refractivity contribution in [3.63, 3.8) is 0 Å². The third-order valence-corrected chi connectivity index (χ3v) is 7.35. The molecule has 36 heavy (non-hydrogen) atoms. The molecule has 1 aromatic carbocycles. The second kappa shape index (κ2) is 8.37. The van der Waals surface area contributed by atoms with Crippen molar-refractivity contribution in [1.29, 1.82) is 0 Å². The van der Waals surface area contributed by atoms with E-state index in [4.69, 9.17) is 9.15 Å². The first-order valence-electron chi connectivity index (χ1n) is 12.3. The first kappa shape index (κ1) is 22.6. The highest BCUT2D eigenvalue weighted by molar-refractivity contribution is 6.07. The number of ether oxygens (including phenoxy) is 1. The molecule has 0 radical (unpaired) electrons. The molecule has 9 heteroatoms. The number of benzene rings is 1. The quantitative estimate of drug-likeness (QED) is 0.427. The number of aliphatic hydroxyl groups excluding tert-OH is 1. The summed E-state index contributed by atoms with van der Waals surface area (Å²) in [5, 5.41) is 17.9. The Balaban J connectivity index is 1.29. The number of aromatic nitrogens is 2. The van der Waals surface area contributed by atoms with E-state index >= 15 is 0 Å². The lowest BCUT2D eigenvalue weighted by atomic mass is 9.99.